The molecule has 0 radical (unpaired) electrons. The average Bonchev–Trinajstić information content (AvgIpc) is 3.33. The molecule has 1 aliphatic rings. The van der Waals surface area contributed by atoms with E-state index in [2.05, 4.69) is 20.2 Å². The van der Waals surface area contributed by atoms with Crippen LogP contribution in [0, 0.1) is 13.8 Å². The normalized spacial score (nSPS) is 15.0. The molecule has 1 amide bonds. The van der Waals surface area contributed by atoms with Crippen LogP contribution in [0.4, 0.5) is 0 Å². The fourth-order valence-electron chi connectivity index (χ4n) is 3.63. The molecule has 8 nitrogen and oxygen atoms in total. The Morgan fingerprint density at radius 1 is 1.10 bits per heavy atom. The summed E-state index contributed by atoms with van der Waals surface area (Å²) in [6.07, 6.45) is 0.933. The summed E-state index contributed by atoms with van der Waals surface area (Å²) in [7, 11) is 0. The van der Waals surface area contributed by atoms with Gasteiger partial charge in [0.05, 0.1) is 12.2 Å². The first-order chi connectivity index (χ1) is 14.5. The fraction of sp³-hybridized carbons (Fsp3) is 0.429. The second-order valence-corrected chi connectivity index (χ2v) is 7.85. The summed E-state index contributed by atoms with van der Waals surface area (Å²) in [5, 5.41) is 8.21. The van der Waals surface area contributed by atoms with E-state index in [9.17, 15) is 4.79 Å². The molecule has 2 aromatic heterocycles. The van der Waals surface area contributed by atoms with Crippen molar-refractivity contribution in [2.75, 3.05) is 26.2 Å². The lowest BCUT2D eigenvalue weighted by Crippen LogP contribution is -2.48. The molecule has 0 N–H and O–H groups in total. The van der Waals surface area contributed by atoms with Gasteiger partial charge in [-0.05, 0) is 37.4 Å². The van der Waals surface area contributed by atoms with E-state index >= 15 is 0 Å². The second-order valence-electron chi connectivity index (χ2n) is 7.50. The highest BCUT2D eigenvalue weighted by Gasteiger charge is 2.23. The molecule has 1 aromatic carbocycles. The summed E-state index contributed by atoms with van der Waals surface area (Å²) in [4.78, 5) is 21.2. The van der Waals surface area contributed by atoms with E-state index in [4.69, 9.17) is 20.6 Å². The summed E-state index contributed by atoms with van der Waals surface area (Å²) in [6, 6.07) is 7.97. The molecule has 0 aliphatic carbocycles. The highest BCUT2D eigenvalue weighted by molar-refractivity contribution is 6.29. The number of rotatable bonds is 6. The summed E-state index contributed by atoms with van der Waals surface area (Å²) in [5.74, 6) is 1.32. The molecule has 3 aromatic rings. The van der Waals surface area contributed by atoms with Crippen molar-refractivity contribution in [3.8, 4) is 11.4 Å². The Balaban J connectivity index is 1.27. The molecule has 0 atom stereocenters. The van der Waals surface area contributed by atoms with E-state index in [0.29, 0.717) is 44.2 Å². The maximum absolute atomic E-state index is 12.5. The smallest absolute Gasteiger partial charge is 0.241 e. The molecule has 0 bridgehead atoms. The van der Waals surface area contributed by atoms with Crippen molar-refractivity contribution >= 4 is 17.5 Å². The number of carbonyl (C=O) groups excluding carboxylic acids is 1. The molecule has 0 unspecified atom stereocenters. The highest BCUT2D eigenvalue weighted by Crippen LogP contribution is 2.22. The first-order valence-electron chi connectivity index (χ1n) is 10.0. The molecule has 0 saturated carbocycles. The molecule has 1 fully saturated rings. The summed E-state index contributed by atoms with van der Waals surface area (Å²) >= 11 is 5.98. The zero-order valence-electron chi connectivity index (χ0n) is 17.1. The predicted molar refractivity (Wildman–Crippen MR) is 111 cm³/mol. The van der Waals surface area contributed by atoms with Crippen LogP contribution in [-0.4, -0.2) is 57.2 Å². The average molecular weight is 430 g/mol. The van der Waals surface area contributed by atoms with Gasteiger partial charge in [-0.1, -0.05) is 34.6 Å². The second kappa shape index (κ2) is 8.97. The molecule has 3 heterocycles. The monoisotopic (exact) mass is 429 g/mol. The molecule has 30 heavy (non-hydrogen) atoms. The number of carbonyl (C=O) groups is 1. The minimum atomic E-state index is 0.117. The van der Waals surface area contributed by atoms with Gasteiger partial charge in [-0.15, -0.1) is 0 Å². The largest absolute Gasteiger partial charge is 0.344 e. The Hall–Kier alpha value is -2.71. The molecular weight excluding hydrogens is 406 g/mol. The summed E-state index contributed by atoms with van der Waals surface area (Å²) in [6.45, 7) is 7.32. The van der Waals surface area contributed by atoms with E-state index in [1.807, 2.05) is 43.0 Å². The highest BCUT2D eigenvalue weighted by atomic mass is 35.5. The number of benzene rings is 1. The van der Waals surface area contributed by atoms with Crippen molar-refractivity contribution < 1.29 is 13.8 Å². The van der Waals surface area contributed by atoms with Gasteiger partial charge in [0.2, 0.25) is 22.8 Å². The van der Waals surface area contributed by atoms with Gasteiger partial charge < -0.3 is 13.9 Å². The Morgan fingerprint density at radius 3 is 2.57 bits per heavy atom. The fourth-order valence-corrected chi connectivity index (χ4v) is 3.89. The maximum atomic E-state index is 12.5. The van der Waals surface area contributed by atoms with Crippen LogP contribution >= 0.6 is 11.6 Å². The first-order valence-corrected chi connectivity index (χ1v) is 10.4. The Morgan fingerprint density at radius 2 is 1.87 bits per heavy atom. The third-order valence-corrected chi connectivity index (χ3v) is 5.76. The molecule has 4 rings (SSSR count). The molecular formula is C21H24ClN5O3. The minimum absolute atomic E-state index is 0.117. The lowest BCUT2D eigenvalue weighted by molar-refractivity contribution is -0.133. The number of piperazine rings is 1. The molecule has 158 valence electrons. The van der Waals surface area contributed by atoms with Crippen molar-refractivity contribution in [1.29, 1.82) is 0 Å². The summed E-state index contributed by atoms with van der Waals surface area (Å²) < 4.78 is 10.4. The van der Waals surface area contributed by atoms with Crippen molar-refractivity contribution in [2.45, 2.75) is 33.2 Å². The zero-order chi connectivity index (χ0) is 21.1. The third kappa shape index (κ3) is 4.55. The number of hydrogen-bond acceptors (Lipinski definition) is 7. The van der Waals surface area contributed by atoms with E-state index in [-0.39, 0.29) is 11.1 Å². The van der Waals surface area contributed by atoms with E-state index in [0.717, 1.165) is 35.5 Å². The van der Waals surface area contributed by atoms with Crippen molar-refractivity contribution in [3.05, 3.63) is 52.2 Å². The standard InChI is InChI=1S/C21H24ClN5O3/c1-14-5-3-4-6-16(14)21-23-18(29-25-21)13-26-9-11-27(12-10-26)19(28)8-7-17-15(2)24-30-20(17)22/h3-6H,7-13H2,1-2H3. The topological polar surface area (TPSA) is 88.5 Å². The molecule has 0 spiro atoms. The molecule has 1 aliphatic heterocycles. The van der Waals surface area contributed by atoms with Crippen LogP contribution in [0.3, 0.4) is 0 Å². The number of aromatic nitrogens is 3. The van der Waals surface area contributed by atoms with Gasteiger partial charge in [0.25, 0.3) is 0 Å². The maximum Gasteiger partial charge on any atom is 0.241 e. The number of aryl methyl sites for hydroxylation is 2. The van der Waals surface area contributed by atoms with Gasteiger partial charge in [-0.25, -0.2) is 0 Å². The van der Waals surface area contributed by atoms with Crippen LogP contribution in [0.1, 0.15) is 29.1 Å². The van der Waals surface area contributed by atoms with Crippen molar-refractivity contribution in [2.24, 2.45) is 0 Å². The molecule has 9 heteroatoms. The van der Waals surface area contributed by atoms with Crippen molar-refractivity contribution in [3.63, 3.8) is 0 Å². The Labute approximate surface area is 179 Å². The number of halogens is 1. The van der Waals surface area contributed by atoms with Gasteiger partial charge in [0.1, 0.15) is 0 Å². The van der Waals surface area contributed by atoms with Crippen LogP contribution in [-0.2, 0) is 17.8 Å². The lowest BCUT2D eigenvalue weighted by Gasteiger charge is -2.34. The number of hydrogen-bond donors (Lipinski definition) is 0. The minimum Gasteiger partial charge on any atom is -0.344 e. The van der Waals surface area contributed by atoms with Crippen LogP contribution in [0.15, 0.2) is 33.3 Å². The number of nitrogens with zero attached hydrogens (tertiary/aromatic N) is 5. The van der Waals surface area contributed by atoms with Crippen LogP contribution in [0.2, 0.25) is 5.22 Å². The van der Waals surface area contributed by atoms with Gasteiger partial charge in [0, 0.05) is 43.7 Å². The van der Waals surface area contributed by atoms with Gasteiger partial charge in [-0.2, -0.15) is 4.98 Å². The third-order valence-electron chi connectivity index (χ3n) is 5.46. The SMILES string of the molecule is Cc1ccccc1-c1noc(CN2CCN(C(=O)CCc3c(C)noc3Cl)CC2)n1. The van der Waals surface area contributed by atoms with E-state index < -0.39 is 0 Å². The lowest BCUT2D eigenvalue weighted by atomic mass is 10.1. The summed E-state index contributed by atoms with van der Waals surface area (Å²) in [5.41, 5.74) is 3.64. The van der Waals surface area contributed by atoms with Gasteiger partial charge in [0.15, 0.2) is 0 Å². The quantitative estimate of drug-likeness (QED) is 0.594. The number of amides is 1. The van der Waals surface area contributed by atoms with Crippen LogP contribution < -0.4 is 0 Å². The zero-order valence-corrected chi connectivity index (χ0v) is 17.9. The van der Waals surface area contributed by atoms with E-state index in [1.165, 1.54) is 0 Å². The van der Waals surface area contributed by atoms with Crippen molar-refractivity contribution in [1.82, 2.24) is 25.1 Å². The predicted octanol–water partition coefficient (Wildman–Crippen LogP) is 3.27. The Kier molecular flexibility index (Phi) is 6.15. The van der Waals surface area contributed by atoms with Crippen LogP contribution in [0.25, 0.3) is 11.4 Å². The van der Waals surface area contributed by atoms with E-state index in [1.54, 1.807) is 0 Å². The van der Waals surface area contributed by atoms with Gasteiger partial charge >= 0.3 is 0 Å². The molecule has 1 saturated heterocycles. The van der Waals surface area contributed by atoms with Crippen LogP contribution in [0.5, 0.6) is 0 Å². The Bertz CT molecular complexity index is 1000. The first kappa shape index (κ1) is 20.6. The van der Waals surface area contributed by atoms with Gasteiger partial charge in [-0.3, -0.25) is 9.69 Å².